The molecule has 1 amide bonds. The highest BCUT2D eigenvalue weighted by molar-refractivity contribution is 5.76. The molecule has 1 aliphatic rings. The van der Waals surface area contributed by atoms with Gasteiger partial charge in [0, 0.05) is 31.6 Å². The van der Waals surface area contributed by atoms with Gasteiger partial charge in [0.25, 0.3) is 0 Å². The fourth-order valence-corrected chi connectivity index (χ4v) is 2.29. The van der Waals surface area contributed by atoms with Gasteiger partial charge < -0.3 is 15.5 Å². The standard InChI is InChI=1S/C12H25N3O/c1-10(13)8-11(16)15(4)9-12(14(2)3)6-5-7-12/h10H,5-9,13H2,1-4H3. The Morgan fingerprint density at radius 3 is 2.25 bits per heavy atom. The number of hydrogen-bond donors (Lipinski definition) is 1. The summed E-state index contributed by atoms with van der Waals surface area (Å²) in [6.45, 7) is 2.70. The first kappa shape index (κ1) is 13.5. The van der Waals surface area contributed by atoms with Crippen LogP contribution >= 0.6 is 0 Å². The number of carbonyl (C=O) groups is 1. The van der Waals surface area contributed by atoms with E-state index in [0.717, 1.165) is 6.54 Å². The lowest BCUT2D eigenvalue weighted by molar-refractivity contribution is -0.132. The average Bonchev–Trinajstić information content (AvgIpc) is 2.08. The van der Waals surface area contributed by atoms with Gasteiger partial charge in [0.1, 0.15) is 0 Å². The predicted molar refractivity (Wildman–Crippen MR) is 66.2 cm³/mol. The Hall–Kier alpha value is -0.610. The highest BCUT2D eigenvalue weighted by atomic mass is 16.2. The molecular formula is C12H25N3O. The van der Waals surface area contributed by atoms with Gasteiger partial charge in [-0.3, -0.25) is 4.79 Å². The minimum absolute atomic E-state index is 0.0494. The summed E-state index contributed by atoms with van der Waals surface area (Å²) < 4.78 is 0. The van der Waals surface area contributed by atoms with Crippen molar-refractivity contribution in [3.63, 3.8) is 0 Å². The van der Waals surface area contributed by atoms with E-state index in [1.807, 2.05) is 18.9 Å². The van der Waals surface area contributed by atoms with E-state index >= 15 is 0 Å². The van der Waals surface area contributed by atoms with Crippen molar-refractivity contribution in [2.24, 2.45) is 5.73 Å². The smallest absolute Gasteiger partial charge is 0.223 e. The van der Waals surface area contributed by atoms with Crippen molar-refractivity contribution in [1.29, 1.82) is 0 Å². The Morgan fingerprint density at radius 2 is 1.94 bits per heavy atom. The molecule has 0 bridgehead atoms. The summed E-state index contributed by atoms with van der Waals surface area (Å²) >= 11 is 0. The zero-order valence-electron chi connectivity index (χ0n) is 11.0. The summed E-state index contributed by atoms with van der Waals surface area (Å²) in [5, 5.41) is 0. The van der Waals surface area contributed by atoms with E-state index in [2.05, 4.69) is 19.0 Å². The van der Waals surface area contributed by atoms with Crippen LogP contribution in [0.2, 0.25) is 0 Å². The molecular weight excluding hydrogens is 202 g/mol. The molecule has 0 aromatic carbocycles. The lowest BCUT2D eigenvalue weighted by atomic mass is 9.75. The molecule has 0 spiro atoms. The quantitative estimate of drug-likeness (QED) is 0.751. The SMILES string of the molecule is CC(N)CC(=O)N(C)CC1(N(C)C)CCC1. The maximum atomic E-state index is 11.8. The fraction of sp³-hybridized carbons (Fsp3) is 0.917. The van der Waals surface area contributed by atoms with Gasteiger partial charge in [0.15, 0.2) is 0 Å². The van der Waals surface area contributed by atoms with Gasteiger partial charge >= 0.3 is 0 Å². The van der Waals surface area contributed by atoms with Gasteiger partial charge in [-0.15, -0.1) is 0 Å². The summed E-state index contributed by atoms with van der Waals surface area (Å²) in [5.74, 6) is 0.156. The van der Waals surface area contributed by atoms with E-state index < -0.39 is 0 Å². The molecule has 0 aromatic heterocycles. The Bertz CT molecular complexity index is 247. The normalized spacial score (nSPS) is 20.4. The number of carbonyl (C=O) groups excluding carboxylic acids is 1. The zero-order valence-corrected chi connectivity index (χ0v) is 11.0. The molecule has 1 atom stereocenters. The average molecular weight is 227 g/mol. The van der Waals surface area contributed by atoms with Crippen LogP contribution in [-0.2, 0) is 4.79 Å². The predicted octanol–water partition coefficient (Wildman–Crippen LogP) is 0.666. The third kappa shape index (κ3) is 2.95. The molecule has 0 heterocycles. The largest absolute Gasteiger partial charge is 0.344 e. The van der Waals surface area contributed by atoms with Crippen LogP contribution in [0.1, 0.15) is 32.6 Å². The molecule has 1 fully saturated rings. The van der Waals surface area contributed by atoms with Gasteiger partial charge in [0.2, 0.25) is 5.91 Å². The van der Waals surface area contributed by atoms with Gasteiger partial charge in [0.05, 0.1) is 0 Å². The van der Waals surface area contributed by atoms with Crippen molar-refractivity contribution in [1.82, 2.24) is 9.80 Å². The second kappa shape index (κ2) is 5.15. The Labute approximate surface area is 98.8 Å². The van der Waals surface area contributed by atoms with Crippen molar-refractivity contribution in [2.75, 3.05) is 27.7 Å². The molecule has 1 unspecified atom stereocenters. The molecule has 0 aliphatic heterocycles. The number of amides is 1. The lowest BCUT2D eigenvalue weighted by Gasteiger charge is -2.49. The lowest BCUT2D eigenvalue weighted by Crippen LogP contribution is -2.57. The van der Waals surface area contributed by atoms with Crippen LogP contribution in [0.25, 0.3) is 0 Å². The Kier molecular flexibility index (Phi) is 4.33. The van der Waals surface area contributed by atoms with E-state index in [1.165, 1.54) is 19.3 Å². The van der Waals surface area contributed by atoms with Gasteiger partial charge in [-0.05, 0) is 40.3 Å². The number of hydrogen-bond acceptors (Lipinski definition) is 3. The fourth-order valence-electron chi connectivity index (χ4n) is 2.29. The summed E-state index contributed by atoms with van der Waals surface area (Å²) in [7, 11) is 6.08. The van der Waals surface area contributed by atoms with Crippen LogP contribution in [0, 0.1) is 0 Å². The minimum atomic E-state index is -0.0494. The molecule has 1 saturated carbocycles. The van der Waals surface area contributed by atoms with Gasteiger partial charge in [-0.25, -0.2) is 0 Å². The third-order valence-corrected chi connectivity index (χ3v) is 3.69. The van der Waals surface area contributed by atoms with Crippen LogP contribution in [0.3, 0.4) is 0 Å². The van der Waals surface area contributed by atoms with Crippen molar-refractivity contribution < 1.29 is 4.79 Å². The molecule has 94 valence electrons. The molecule has 4 nitrogen and oxygen atoms in total. The van der Waals surface area contributed by atoms with E-state index in [9.17, 15) is 4.79 Å². The summed E-state index contributed by atoms with van der Waals surface area (Å²) in [5.41, 5.74) is 5.85. The monoisotopic (exact) mass is 227 g/mol. The molecule has 0 aromatic rings. The third-order valence-electron chi connectivity index (χ3n) is 3.69. The van der Waals surface area contributed by atoms with E-state index in [1.54, 1.807) is 0 Å². The van der Waals surface area contributed by atoms with E-state index in [4.69, 9.17) is 5.73 Å². The van der Waals surface area contributed by atoms with E-state index in [-0.39, 0.29) is 17.5 Å². The topological polar surface area (TPSA) is 49.6 Å². The van der Waals surface area contributed by atoms with Crippen LogP contribution in [0.5, 0.6) is 0 Å². The first-order valence-corrected chi connectivity index (χ1v) is 6.04. The second-order valence-electron chi connectivity index (χ2n) is 5.40. The van der Waals surface area contributed by atoms with Crippen molar-refractivity contribution in [2.45, 2.75) is 44.2 Å². The molecule has 0 radical (unpaired) electrons. The maximum absolute atomic E-state index is 11.8. The minimum Gasteiger partial charge on any atom is -0.344 e. The van der Waals surface area contributed by atoms with Crippen LogP contribution in [0.15, 0.2) is 0 Å². The molecule has 1 aliphatic carbocycles. The summed E-state index contributed by atoms with van der Waals surface area (Å²) in [6, 6.07) is -0.0494. The van der Waals surface area contributed by atoms with Crippen LogP contribution in [0.4, 0.5) is 0 Å². The molecule has 4 heteroatoms. The zero-order chi connectivity index (χ0) is 12.3. The highest BCUT2D eigenvalue weighted by Gasteiger charge is 2.40. The second-order valence-corrected chi connectivity index (χ2v) is 5.40. The van der Waals surface area contributed by atoms with Crippen molar-refractivity contribution >= 4 is 5.91 Å². The van der Waals surface area contributed by atoms with Crippen LogP contribution < -0.4 is 5.73 Å². The number of likely N-dealkylation sites (N-methyl/N-ethyl adjacent to an activating group) is 2. The number of rotatable bonds is 5. The van der Waals surface area contributed by atoms with E-state index in [0.29, 0.717) is 6.42 Å². The Balaban J connectivity index is 2.49. The van der Waals surface area contributed by atoms with Crippen molar-refractivity contribution in [3.8, 4) is 0 Å². The molecule has 0 saturated heterocycles. The van der Waals surface area contributed by atoms with Gasteiger partial charge in [-0.1, -0.05) is 0 Å². The molecule has 1 rings (SSSR count). The first-order chi connectivity index (χ1) is 7.37. The van der Waals surface area contributed by atoms with Crippen molar-refractivity contribution in [3.05, 3.63) is 0 Å². The molecule has 16 heavy (non-hydrogen) atoms. The maximum Gasteiger partial charge on any atom is 0.223 e. The summed E-state index contributed by atoms with van der Waals surface area (Å²) in [6.07, 6.45) is 4.10. The summed E-state index contributed by atoms with van der Waals surface area (Å²) in [4.78, 5) is 15.9. The van der Waals surface area contributed by atoms with Crippen LogP contribution in [-0.4, -0.2) is 55.0 Å². The Morgan fingerprint density at radius 1 is 1.38 bits per heavy atom. The number of nitrogens with two attached hydrogens (primary N) is 1. The molecule has 2 N–H and O–H groups in total. The first-order valence-electron chi connectivity index (χ1n) is 6.04. The number of nitrogens with zero attached hydrogens (tertiary/aromatic N) is 2. The highest BCUT2D eigenvalue weighted by Crippen LogP contribution is 2.36. The van der Waals surface area contributed by atoms with Gasteiger partial charge in [-0.2, -0.15) is 0 Å².